The maximum Gasteiger partial charge on any atom is 0.450 e. The first-order valence-electron chi connectivity index (χ1n) is 1.24. The number of carbonyl (C=O) groups excluding carboxylic acids is 1. The van der Waals surface area contributed by atoms with E-state index in [4.69, 9.17) is 39.2 Å². The third kappa shape index (κ3) is 196. The highest BCUT2D eigenvalue weighted by Crippen LogP contribution is 1.97. The Balaban J connectivity index is 0. The molecule has 0 amide bonds. The third-order valence-corrected chi connectivity index (χ3v) is 0. The summed E-state index contributed by atoms with van der Waals surface area (Å²) in [5.41, 5.74) is 0. The lowest BCUT2D eigenvalue weighted by atomic mass is 10.7. The molecule has 0 aromatic carbocycles. The maximum absolute atomic E-state index is 8.98. The number of carbonyl (C=O) groups is 1. The van der Waals surface area contributed by atoms with Crippen LogP contribution in [-0.4, -0.2) is 9.66 Å². The monoisotopic (exact) mass is 214 g/mol. The largest absolute Gasteiger partial charge is 0.450 e. The van der Waals surface area contributed by atoms with Crippen LogP contribution in [-0.2, 0) is 0 Å². The molecule has 0 bridgehead atoms. The van der Waals surface area contributed by atoms with Crippen molar-refractivity contribution in [3.8, 4) is 0 Å². The standard InChI is InChI=1S/CCl2O.BCl3/c2*2-1(3)4. The van der Waals surface area contributed by atoms with Crippen LogP contribution in [0.5, 0.6) is 0 Å². The zero-order valence-corrected chi connectivity index (χ0v) is 7.16. The van der Waals surface area contributed by atoms with Crippen LogP contribution >= 0.6 is 57.6 Å². The first-order valence-corrected chi connectivity index (χ1v) is 3.30. The van der Waals surface area contributed by atoms with Gasteiger partial charge in [0.25, 0.3) is 0 Å². The molecule has 0 fully saturated rings. The summed E-state index contributed by atoms with van der Waals surface area (Å²) < 4.78 is -0.889. The highest BCUT2D eigenvalue weighted by Gasteiger charge is 1.91. The van der Waals surface area contributed by atoms with Gasteiger partial charge in [-0.05, 0) is 23.2 Å². The fourth-order valence-corrected chi connectivity index (χ4v) is 0. The zero-order chi connectivity index (χ0) is 7.15. The minimum atomic E-state index is -0.889. The van der Waals surface area contributed by atoms with E-state index in [1.165, 1.54) is 0 Å². The molecule has 48 valence electrons. The summed E-state index contributed by atoms with van der Waals surface area (Å²) in [6, 6.07) is 0. The molecule has 0 unspecified atom stereocenters. The van der Waals surface area contributed by atoms with Crippen LogP contribution in [0.2, 0.25) is 0 Å². The second kappa shape index (κ2) is 8.18. The van der Waals surface area contributed by atoms with E-state index in [2.05, 4.69) is 23.2 Å². The average Bonchev–Trinajstić information content (AvgIpc) is 1.25. The van der Waals surface area contributed by atoms with Crippen molar-refractivity contribution in [3.63, 3.8) is 0 Å². The molecule has 0 saturated heterocycles. The highest BCUT2D eigenvalue weighted by atomic mass is 35.6. The summed E-state index contributed by atoms with van der Waals surface area (Å²) >= 11 is 23.2. The Labute approximate surface area is 72.0 Å². The summed E-state index contributed by atoms with van der Waals surface area (Å²) in [7, 11) is 0. The topological polar surface area (TPSA) is 17.1 Å². The predicted molar refractivity (Wildman–Crippen MR) is 40.4 cm³/mol. The lowest BCUT2D eigenvalue weighted by molar-refractivity contribution is 0.275. The second-order valence-corrected chi connectivity index (χ2v) is 3.33. The summed E-state index contributed by atoms with van der Waals surface area (Å²) in [6.45, 7) is 0. The molecule has 0 aliphatic carbocycles. The van der Waals surface area contributed by atoms with Gasteiger partial charge in [0, 0.05) is 0 Å². The van der Waals surface area contributed by atoms with Crippen LogP contribution in [0.25, 0.3) is 0 Å². The molecule has 0 aliphatic heterocycles. The van der Waals surface area contributed by atoms with E-state index in [0.717, 1.165) is 0 Å². The van der Waals surface area contributed by atoms with Crippen molar-refractivity contribution in [2.24, 2.45) is 0 Å². The first-order chi connectivity index (χ1) is 3.46. The summed E-state index contributed by atoms with van der Waals surface area (Å²) in [5, 5.41) is 0. The maximum atomic E-state index is 8.98. The van der Waals surface area contributed by atoms with Crippen molar-refractivity contribution in [2.75, 3.05) is 0 Å². The van der Waals surface area contributed by atoms with Crippen molar-refractivity contribution in [1.82, 2.24) is 0 Å². The third-order valence-electron chi connectivity index (χ3n) is 0. The molecule has 1 nitrogen and oxygen atoms in total. The van der Waals surface area contributed by atoms with E-state index < -0.39 is 9.66 Å². The van der Waals surface area contributed by atoms with Gasteiger partial charge in [0.1, 0.15) is 0 Å². The van der Waals surface area contributed by atoms with Crippen LogP contribution in [0.3, 0.4) is 0 Å². The van der Waals surface area contributed by atoms with Crippen LogP contribution in [0.1, 0.15) is 0 Å². The van der Waals surface area contributed by atoms with Gasteiger partial charge in [-0.3, -0.25) is 4.79 Å². The quantitative estimate of drug-likeness (QED) is 0.448. The fourth-order valence-electron chi connectivity index (χ4n) is 0. The average molecular weight is 216 g/mol. The van der Waals surface area contributed by atoms with Gasteiger partial charge in [-0.1, -0.05) is 0 Å². The van der Waals surface area contributed by atoms with Gasteiger partial charge in [0.15, 0.2) is 0 Å². The summed E-state index contributed by atoms with van der Waals surface area (Å²) in [5.74, 6) is 0. The van der Waals surface area contributed by atoms with Crippen LogP contribution < -0.4 is 0 Å². The molecule has 0 spiro atoms. The molecule has 0 aromatic heterocycles. The van der Waals surface area contributed by atoms with E-state index in [1.54, 1.807) is 0 Å². The van der Waals surface area contributed by atoms with Crippen molar-refractivity contribution in [1.29, 1.82) is 0 Å². The van der Waals surface area contributed by atoms with Crippen molar-refractivity contribution < 1.29 is 4.79 Å². The number of hydrogen-bond acceptors (Lipinski definition) is 1. The minimum Gasteiger partial charge on any atom is -0.262 e. The van der Waals surface area contributed by atoms with Crippen molar-refractivity contribution in [3.05, 3.63) is 0 Å². The van der Waals surface area contributed by atoms with E-state index in [0.29, 0.717) is 0 Å². The van der Waals surface area contributed by atoms with E-state index in [-0.39, 0.29) is 0 Å². The molecule has 0 heterocycles. The first kappa shape index (κ1) is 11.9. The Morgan fingerprint density at radius 1 is 1.12 bits per heavy atom. The number of rotatable bonds is 0. The smallest absolute Gasteiger partial charge is 0.262 e. The molecule has 0 radical (unpaired) electrons. The minimum absolute atomic E-state index is 0.750. The van der Waals surface area contributed by atoms with Crippen molar-refractivity contribution in [2.45, 2.75) is 0 Å². The summed E-state index contributed by atoms with van der Waals surface area (Å²) in [6.07, 6.45) is 0. The lowest BCUT2D eigenvalue weighted by Crippen LogP contribution is -1.66. The molecule has 0 aromatic rings. The van der Waals surface area contributed by atoms with E-state index >= 15 is 0 Å². The van der Waals surface area contributed by atoms with Gasteiger partial charge in [-0.25, -0.2) is 0 Å². The molecule has 0 saturated carbocycles. The Hall–Kier alpha value is 1.18. The van der Waals surface area contributed by atoms with Gasteiger partial charge < -0.3 is 0 Å². The second-order valence-electron chi connectivity index (χ2n) is 0.473. The van der Waals surface area contributed by atoms with E-state index in [9.17, 15) is 0 Å². The molecule has 0 aliphatic rings. The van der Waals surface area contributed by atoms with Crippen molar-refractivity contribution >= 4 is 67.2 Å². The van der Waals surface area contributed by atoms with Gasteiger partial charge in [0.05, 0.1) is 0 Å². The molecule has 8 heavy (non-hydrogen) atoms. The van der Waals surface area contributed by atoms with Crippen LogP contribution in [0, 0.1) is 0 Å². The molecule has 7 heteroatoms. The van der Waals surface area contributed by atoms with Gasteiger partial charge >= 0.3 is 9.66 Å². The van der Waals surface area contributed by atoms with Gasteiger partial charge in [-0.2, -0.15) is 34.4 Å². The SMILES string of the molecule is ClB(Cl)Cl.O=C(Cl)Cl. The highest BCUT2D eigenvalue weighted by molar-refractivity contribution is 7.54. The molecular weight excluding hydrogens is 216 g/mol. The Morgan fingerprint density at radius 3 is 1.12 bits per heavy atom. The Morgan fingerprint density at radius 2 is 1.12 bits per heavy atom. The summed E-state index contributed by atoms with van der Waals surface area (Å²) in [4.78, 5) is 8.23. The molecular formula is CBCl5O. The molecule has 0 atom stereocenters. The molecule has 0 rings (SSSR count). The zero-order valence-electron chi connectivity index (χ0n) is 3.38. The number of halogens is 5. The fraction of sp³-hybridized carbons (Fsp3) is 0. The number of hydrogen-bond donors (Lipinski definition) is 0. The molecule has 0 N–H and O–H groups in total. The lowest BCUT2D eigenvalue weighted by Gasteiger charge is -1.61. The van der Waals surface area contributed by atoms with E-state index in [1.807, 2.05) is 0 Å². The van der Waals surface area contributed by atoms with Gasteiger partial charge in [-0.15, -0.1) is 0 Å². The van der Waals surface area contributed by atoms with Gasteiger partial charge in [0.2, 0.25) is 0 Å². The van der Waals surface area contributed by atoms with Crippen LogP contribution in [0.15, 0.2) is 0 Å². The normalized spacial score (nSPS) is 6.62. The van der Waals surface area contributed by atoms with Crippen LogP contribution in [0.4, 0.5) is 4.79 Å². The Kier molecular flexibility index (Phi) is 12.2. The Bertz CT molecular complexity index is 56.7. The predicted octanol–water partition coefficient (Wildman–Crippen LogP) is 3.27.